The summed E-state index contributed by atoms with van der Waals surface area (Å²) in [4.78, 5) is 11.6. The molecule has 0 unspecified atom stereocenters. The van der Waals surface area contributed by atoms with E-state index in [9.17, 15) is 9.50 Å². The topological polar surface area (TPSA) is 73.8 Å². The molecule has 0 atom stereocenters. The van der Waals surface area contributed by atoms with E-state index in [1.54, 1.807) is 12.3 Å². The van der Waals surface area contributed by atoms with Crippen LogP contribution in [0.3, 0.4) is 0 Å². The second kappa shape index (κ2) is 5.65. The Kier molecular flexibility index (Phi) is 3.58. The fourth-order valence-electron chi connectivity index (χ4n) is 3.54. The van der Waals surface area contributed by atoms with Gasteiger partial charge in [0.25, 0.3) is 0 Å². The van der Waals surface area contributed by atoms with Gasteiger partial charge in [-0.05, 0) is 45.0 Å². The van der Waals surface area contributed by atoms with Crippen LogP contribution >= 0.6 is 0 Å². The van der Waals surface area contributed by atoms with Gasteiger partial charge in [-0.1, -0.05) is 6.07 Å². The van der Waals surface area contributed by atoms with Crippen molar-refractivity contribution < 1.29 is 9.50 Å². The highest BCUT2D eigenvalue weighted by atomic mass is 19.1. The average Bonchev–Trinajstić information content (AvgIpc) is 2.97. The van der Waals surface area contributed by atoms with Crippen LogP contribution < -0.4 is 5.32 Å². The van der Waals surface area contributed by atoms with Crippen molar-refractivity contribution in [3.05, 3.63) is 47.7 Å². The molecule has 6 heteroatoms. The van der Waals surface area contributed by atoms with E-state index < -0.39 is 5.60 Å². The normalized spacial score (nSPS) is 17.3. The van der Waals surface area contributed by atoms with Gasteiger partial charge in [0.15, 0.2) is 5.82 Å². The lowest BCUT2D eigenvalue weighted by Gasteiger charge is -2.33. The monoisotopic (exact) mass is 326 g/mol. The summed E-state index contributed by atoms with van der Waals surface area (Å²) in [6.45, 7) is 3.47. The molecule has 3 N–H and O–H groups in total. The van der Waals surface area contributed by atoms with E-state index in [1.807, 2.05) is 19.1 Å². The maximum absolute atomic E-state index is 14.1. The zero-order valence-electron chi connectivity index (χ0n) is 13.4. The smallest absolute Gasteiger partial charge is 0.150 e. The molecule has 0 radical (unpaired) electrons. The average molecular weight is 326 g/mol. The number of aliphatic hydroxyl groups is 1. The van der Waals surface area contributed by atoms with Gasteiger partial charge in [0.05, 0.1) is 16.7 Å². The molecule has 4 rings (SSSR count). The molecule has 0 spiro atoms. The first kappa shape index (κ1) is 15.2. The molecule has 0 bridgehead atoms. The lowest BCUT2D eigenvalue weighted by molar-refractivity contribution is 0.00504. The van der Waals surface area contributed by atoms with Gasteiger partial charge in [-0.15, -0.1) is 0 Å². The molecule has 3 aromatic rings. The third kappa shape index (κ3) is 2.39. The highest BCUT2D eigenvalue weighted by molar-refractivity contribution is 5.92. The van der Waals surface area contributed by atoms with Gasteiger partial charge in [-0.25, -0.2) is 9.37 Å². The van der Waals surface area contributed by atoms with Crippen molar-refractivity contribution in [2.24, 2.45) is 0 Å². The molecular weight excluding hydrogens is 307 g/mol. The summed E-state index contributed by atoms with van der Waals surface area (Å²) < 4.78 is 14.1. The summed E-state index contributed by atoms with van der Waals surface area (Å²) in [6, 6.07) is 5.53. The van der Waals surface area contributed by atoms with E-state index in [-0.39, 0.29) is 5.82 Å². The maximum Gasteiger partial charge on any atom is 0.150 e. The maximum atomic E-state index is 14.1. The van der Waals surface area contributed by atoms with Crippen LogP contribution in [-0.4, -0.2) is 33.1 Å². The number of aromatic nitrogens is 3. The number of fused-ring (bicyclic) bond motifs is 1. The van der Waals surface area contributed by atoms with Gasteiger partial charge in [-0.3, -0.25) is 4.98 Å². The van der Waals surface area contributed by atoms with Crippen LogP contribution in [0.1, 0.15) is 24.1 Å². The van der Waals surface area contributed by atoms with Crippen LogP contribution in [0.15, 0.2) is 30.6 Å². The molecule has 1 saturated heterocycles. The number of aromatic amines is 1. The lowest BCUT2D eigenvalue weighted by atomic mass is 9.84. The Labute approximate surface area is 139 Å². The van der Waals surface area contributed by atoms with Gasteiger partial charge in [0, 0.05) is 29.2 Å². The minimum Gasteiger partial charge on any atom is -0.385 e. The Bertz CT molecular complexity index is 899. The van der Waals surface area contributed by atoms with Crippen molar-refractivity contribution in [1.82, 2.24) is 20.3 Å². The standard InChI is InChI=1S/C18H19FN4O/c1-11-13(18(24)5-8-20-9-6-18)2-3-15(23-11)12-4-7-21-17-16(12)14(19)10-22-17/h2-4,7,10,20,24H,5-6,8-9H2,1H3,(H,21,22). The van der Waals surface area contributed by atoms with Crippen LogP contribution in [0, 0.1) is 12.7 Å². The Morgan fingerprint density at radius 1 is 1.21 bits per heavy atom. The number of halogens is 1. The third-order valence-electron chi connectivity index (χ3n) is 4.82. The van der Waals surface area contributed by atoms with E-state index in [4.69, 9.17) is 0 Å². The Hall–Kier alpha value is -2.31. The number of H-pyrrole nitrogens is 1. The second-order valence-electron chi connectivity index (χ2n) is 6.33. The Balaban J connectivity index is 1.80. The van der Waals surface area contributed by atoms with Gasteiger partial charge >= 0.3 is 0 Å². The predicted molar refractivity (Wildman–Crippen MR) is 90.0 cm³/mol. The second-order valence-corrected chi connectivity index (χ2v) is 6.33. The quantitative estimate of drug-likeness (QED) is 0.677. The fourth-order valence-corrected chi connectivity index (χ4v) is 3.54. The number of aryl methyl sites for hydroxylation is 1. The number of nitrogens with zero attached hydrogens (tertiary/aromatic N) is 2. The number of pyridine rings is 2. The van der Waals surface area contributed by atoms with E-state index in [1.165, 1.54) is 6.20 Å². The van der Waals surface area contributed by atoms with Gasteiger partial charge in [0.2, 0.25) is 0 Å². The summed E-state index contributed by atoms with van der Waals surface area (Å²) in [6.07, 6.45) is 4.28. The molecule has 0 aliphatic carbocycles. The molecular formula is C18H19FN4O. The van der Waals surface area contributed by atoms with Gasteiger partial charge < -0.3 is 15.4 Å². The zero-order chi connectivity index (χ0) is 16.7. The first-order valence-corrected chi connectivity index (χ1v) is 8.12. The van der Waals surface area contributed by atoms with Crippen LogP contribution in [0.25, 0.3) is 22.3 Å². The SMILES string of the molecule is Cc1nc(-c2ccnc3[nH]cc(F)c23)ccc1C1(O)CCNCC1. The first-order chi connectivity index (χ1) is 11.6. The molecule has 5 nitrogen and oxygen atoms in total. The molecule has 1 fully saturated rings. The van der Waals surface area contributed by atoms with Crippen molar-refractivity contribution in [2.75, 3.05) is 13.1 Å². The highest BCUT2D eigenvalue weighted by Gasteiger charge is 2.33. The Morgan fingerprint density at radius 2 is 2.00 bits per heavy atom. The number of piperidine rings is 1. The van der Waals surface area contributed by atoms with Crippen LogP contribution in [0.4, 0.5) is 4.39 Å². The third-order valence-corrected chi connectivity index (χ3v) is 4.82. The molecule has 1 aliphatic heterocycles. The number of nitrogens with one attached hydrogen (secondary N) is 2. The minimum absolute atomic E-state index is 0.339. The molecule has 1 aliphatic rings. The summed E-state index contributed by atoms with van der Waals surface area (Å²) >= 11 is 0. The van der Waals surface area contributed by atoms with Gasteiger partial charge in [0.1, 0.15) is 5.65 Å². The molecule has 0 amide bonds. The summed E-state index contributed by atoms with van der Waals surface area (Å²) in [5, 5.41) is 14.6. The summed E-state index contributed by atoms with van der Waals surface area (Å²) in [7, 11) is 0. The van der Waals surface area contributed by atoms with E-state index in [0.717, 1.165) is 24.3 Å². The van der Waals surface area contributed by atoms with E-state index in [2.05, 4.69) is 20.3 Å². The van der Waals surface area contributed by atoms with E-state index in [0.29, 0.717) is 35.1 Å². The van der Waals surface area contributed by atoms with Crippen LogP contribution in [0.5, 0.6) is 0 Å². The van der Waals surface area contributed by atoms with Crippen molar-refractivity contribution in [3.63, 3.8) is 0 Å². The number of hydrogen-bond acceptors (Lipinski definition) is 4. The van der Waals surface area contributed by atoms with Crippen molar-refractivity contribution in [3.8, 4) is 11.3 Å². The van der Waals surface area contributed by atoms with Crippen LogP contribution in [-0.2, 0) is 5.60 Å². The fraction of sp³-hybridized carbons (Fsp3) is 0.333. The number of hydrogen-bond donors (Lipinski definition) is 3. The predicted octanol–water partition coefficient (Wildman–Crippen LogP) is 2.64. The summed E-state index contributed by atoms with van der Waals surface area (Å²) in [5.74, 6) is -0.339. The largest absolute Gasteiger partial charge is 0.385 e. The molecule has 3 aromatic heterocycles. The molecule has 0 saturated carbocycles. The minimum atomic E-state index is -0.840. The van der Waals surface area contributed by atoms with Crippen molar-refractivity contribution in [1.29, 1.82) is 0 Å². The van der Waals surface area contributed by atoms with Crippen molar-refractivity contribution >= 4 is 11.0 Å². The lowest BCUT2D eigenvalue weighted by Crippen LogP contribution is -2.40. The highest BCUT2D eigenvalue weighted by Crippen LogP contribution is 2.34. The Morgan fingerprint density at radius 3 is 2.75 bits per heavy atom. The molecule has 124 valence electrons. The molecule has 4 heterocycles. The first-order valence-electron chi connectivity index (χ1n) is 8.12. The summed E-state index contributed by atoms with van der Waals surface area (Å²) in [5.41, 5.74) is 2.68. The van der Waals surface area contributed by atoms with E-state index >= 15 is 0 Å². The van der Waals surface area contributed by atoms with Crippen LogP contribution in [0.2, 0.25) is 0 Å². The zero-order valence-corrected chi connectivity index (χ0v) is 13.4. The van der Waals surface area contributed by atoms with Crippen molar-refractivity contribution in [2.45, 2.75) is 25.4 Å². The number of rotatable bonds is 2. The van der Waals surface area contributed by atoms with Gasteiger partial charge in [-0.2, -0.15) is 0 Å². The molecule has 24 heavy (non-hydrogen) atoms. The molecule has 0 aromatic carbocycles.